The fourth-order valence-corrected chi connectivity index (χ4v) is 4.69. The van der Waals surface area contributed by atoms with E-state index in [1.165, 1.54) is 15.6 Å². The van der Waals surface area contributed by atoms with Gasteiger partial charge in [0.15, 0.2) is 0 Å². The Hall–Kier alpha value is -1.12. The Morgan fingerprint density at radius 1 is 1.38 bits per heavy atom. The molecule has 0 aliphatic carbocycles. The first-order valence-corrected chi connectivity index (χ1v) is 9.31. The van der Waals surface area contributed by atoms with E-state index < -0.39 is 16.2 Å². The number of carbonyl (C=O) groups excluding carboxylic acids is 1. The van der Waals surface area contributed by atoms with E-state index in [0.717, 1.165) is 24.1 Å². The maximum atomic E-state index is 12.3. The summed E-state index contributed by atoms with van der Waals surface area (Å²) in [6, 6.07) is 1.70. The van der Waals surface area contributed by atoms with E-state index in [2.05, 4.69) is 4.72 Å². The summed E-state index contributed by atoms with van der Waals surface area (Å²) in [4.78, 5) is 12.9. The lowest BCUT2D eigenvalue weighted by Crippen LogP contribution is -2.33. The van der Waals surface area contributed by atoms with Crippen LogP contribution < -0.4 is 4.72 Å². The lowest BCUT2D eigenvalue weighted by Gasteiger charge is -2.16. The number of ether oxygens (including phenoxy) is 1. The van der Waals surface area contributed by atoms with Crippen molar-refractivity contribution < 1.29 is 17.9 Å². The molecule has 0 amide bonds. The fraction of sp³-hybridized carbons (Fsp3) is 0.615. The van der Waals surface area contributed by atoms with Gasteiger partial charge in [0.25, 0.3) is 0 Å². The summed E-state index contributed by atoms with van der Waals surface area (Å²) in [5, 5.41) is 0.345. The molecule has 1 N–H and O–H groups in total. The van der Waals surface area contributed by atoms with Crippen LogP contribution >= 0.6 is 11.3 Å². The van der Waals surface area contributed by atoms with Gasteiger partial charge in [0.1, 0.15) is 5.00 Å². The van der Waals surface area contributed by atoms with Gasteiger partial charge in [-0.15, -0.1) is 11.3 Å². The molecule has 0 bridgehead atoms. The molecule has 1 aliphatic heterocycles. The average molecular weight is 332 g/mol. The Bertz CT molecular complexity index is 604. The Morgan fingerprint density at radius 2 is 2.05 bits per heavy atom. The summed E-state index contributed by atoms with van der Waals surface area (Å²) in [5.41, 5.74) is 0.293. The van der Waals surface area contributed by atoms with Crippen LogP contribution in [0.15, 0.2) is 6.07 Å². The number of hydrogen-bond donors (Lipinski definition) is 1. The molecule has 8 heteroatoms. The van der Waals surface area contributed by atoms with Gasteiger partial charge in [-0.3, -0.25) is 4.72 Å². The van der Waals surface area contributed by atoms with E-state index in [0.29, 0.717) is 23.7 Å². The van der Waals surface area contributed by atoms with Gasteiger partial charge in [0.2, 0.25) is 0 Å². The van der Waals surface area contributed by atoms with Crippen molar-refractivity contribution in [3.05, 3.63) is 16.5 Å². The van der Waals surface area contributed by atoms with Gasteiger partial charge in [-0.1, -0.05) is 6.92 Å². The molecule has 0 spiro atoms. The minimum Gasteiger partial charge on any atom is -0.462 e. The molecular formula is C13H20N2O4S2. The maximum Gasteiger partial charge on any atom is 0.341 e. The Balaban J connectivity index is 2.25. The van der Waals surface area contributed by atoms with Crippen LogP contribution in [0.5, 0.6) is 0 Å². The molecule has 1 aliphatic rings. The van der Waals surface area contributed by atoms with Crippen molar-refractivity contribution in [2.75, 3.05) is 24.4 Å². The third-order valence-corrected chi connectivity index (χ3v) is 6.08. The van der Waals surface area contributed by atoms with Crippen LogP contribution in [0.4, 0.5) is 5.00 Å². The smallest absolute Gasteiger partial charge is 0.341 e. The van der Waals surface area contributed by atoms with Crippen molar-refractivity contribution in [2.45, 2.75) is 33.1 Å². The van der Waals surface area contributed by atoms with E-state index in [1.54, 1.807) is 13.0 Å². The molecule has 0 radical (unpaired) electrons. The normalized spacial score (nSPS) is 16.1. The van der Waals surface area contributed by atoms with Gasteiger partial charge in [-0.2, -0.15) is 12.7 Å². The van der Waals surface area contributed by atoms with E-state index in [9.17, 15) is 13.2 Å². The molecule has 0 saturated carbocycles. The quantitative estimate of drug-likeness (QED) is 0.811. The second kappa shape index (κ2) is 6.76. The predicted molar refractivity (Wildman–Crippen MR) is 83.0 cm³/mol. The van der Waals surface area contributed by atoms with Gasteiger partial charge in [-0.25, -0.2) is 4.79 Å². The van der Waals surface area contributed by atoms with Crippen molar-refractivity contribution in [3.63, 3.8) is 0 Å². The number of carbonyl (C=O) groups is 1. The monoisotopic (exact) mass is 332 g/mol. The number of aryl methyl sites for hydroxylation is 1. The van der Waals surface area contributed by atoms with Gasteiger partial charge in [0, 0.05) is 18.0 Å². The first kappa shape index (κ1) is 16.3. The summed E-state index contributed by atoms with van der Waals surface area (Å²) in [7, 11) is -3.59. The number of rotatable bonds is 6. The molecule has 21 heavy (non-hydrogen) atoms. The average Bonchev–Trinajstić information content (AvgIpc) is 3.07. The molecule has 1 aromatic heterocycles. The van der Waals surface area contributed by atoms with E-state index in [1.807, 2.05) is 6.92 Å². The van der Waals surface area contributed by atoms with E-state index in [-0.39, 0.29) is 6.61 Å². The molecule has 0 unspecified atom stereocenters. The molecule has 1 saturated heterocycles. The Labute approximate surface area is 129 Å². The van der Waals surface area contributed by atoms with Crippen molar-refractivity contribution in [2.24, 2.45) is 0 Å². The highest BCUT2D eigenvalue weighted by atomic mass is 32.2. The topological polar surface area (TPSA) is 75.7 Å². The van der Waals surface area contributed by atoms with Gasteiger partial charge >= 0.3 is 16.2 Å². The Kier molecular flexibility index (Phi) is 5.23. The lowest BCUT2D eigenvalue weighted by molar-refractivity contribution is 0.0528. The summed E-state index contributed by atoms with van der Waals surface area (Å²) < 4.78 is 33.5. The third-order valence-electron chi connectivity index (χ3n) is 3.25. The zero-order valence-corrected chi connectivity index (χ0v) is 13.8. The van der Waals surface area contributed by atoms with Crippen molar-refractivity contribution in [3.8, 4) is 0 Å². The molecule has 1 aromatic rings. The fourth-order valence-electron chi connectivity index (χ4n) is 2.16. The third kappa shape index (κ3) is 3.75. The highest BCUT2D eigenvalue weighted by molar-refractivity contribution is 7.90. The highest BCUT2D eigenvalue weighted by Crippen LogP contribution is 2.31. The second-order valence-corrected chi connectivity index (χ2v) is 7.55. The minimum absolute atomic E-state index is 0.258. The zero-order chi connectivity index (χ0) is 15.5. The number of hydrogen-bond acceptors (Lipinski definition) is 5. The van der Waals surface area contributed by atoms with Crippen molar-refractivity contribution >= 4 is 32.5 Å². The van der Waals surface area contributed by atoms with Crippen molar-refractivity contribution in [1.82, 2.24) is 4.31 Å². The zero-order valence-electron chi connectivity index (χ0n) is 12.2. The van der Waals surface area contributed by atoms with Gasteiger partial charge in [0.05, 0.1) is 12.2 Å². The van der Waals surface area contributed by atoms with Gasteiger partial charge in [-0.05, 0) is 32.3 Å². The second-order valence-electron chi connectivity index (χ2n) is 4.74. The molecule has 2 rings (SSSR count). The number of nitrogens with one attached hydrogen (secondary N) is 1. The summed E-state index contributed by atoms with van der Waals surface area (Å²) >= 11 is 1.28. The first-order valence-electron chi connectivity index (χ1n) is 7.05. The van der Waals surface area contributed by atoms with Crippen LogP contribution in [-0.4, -0.2) is 38.4 Å². The summed E-state index contributed by atoms with van der Waals surface area (Å²) in [6.45, 7) is 4.99. The SMILES string of the molecule is CCOC(=O)c1cc(CC)sc1NS(=O)(=O)N1CCCC1. The van der Waals surface area contributed by atoms with Gasteiger partial charge < -0.3 is 4.74 Å². The summed E-state index contributed by atoms with van der Waals surface area (Å²) in [6.07, 6.45) is 2.48. The molecule has 0 aromatic carbocycles. The minimum atomic E-state index is -3.59. The van der Waals surface area contributed by atoms with E-state index in [4.69, 9.17) is 4.74 Å². The standard InChI is InChI=1S/C13H20N2O4S2/c1-3-10-9-11(13(16)19-4-2)12(20-10)14-21(17,18)15-7-5-6-8-15/h9,14H,3-8H2,1-2H3. The van der Waals surface area contributed by atoms with Crippen LogP contribution in [0.2, 0.25) is 0 Å². The number of esters is 1. The number of anilines is 1. The Morgan fingerprint density at radius 3 is 2.62 bits per heavy atom. The highest BCUT2D eigenvalue weighted by Gasteiger charge is 2.28. The number of thiophene rings is 1. The molecule has 2 heterocycles. The van der Waals surface area contributed by atoms with Crippen LogP contribution in [0, 0.1) is 0 Å². The van der Waals surface area contributed by atoms with Crippen LogP contribution in [0.25, 0.3) is 0 Å². The molecular weight excluding hydrogens is 312 g/mol. The molecule has 118 valence electrons. The van der Waals surface area contributed by atoms with Crippen LogP contribution in [-0.2, 0) is 21.4 Å². The maximum absolute atomic E-state index is 12.3. The van der Waals surface area contributed by atoms with Crippen LogP contribution in [0.1, 0.15) is 41.9 Å². The molecule has 6 nitrogen and oxygen atoms in total. The lowest BCUT2D eigenvalue weighted by atomic mass is 10.2. The first-order chi connectivity index (χ1) is 9.97. The number of nitrogens with zero attached hydrogens (tertiary/aromatic N) is 1. The van der Waals surface area contributed by atoms with Crippen molar-refractivity contribution in [1.29, 1.82) is 0 Å². The predicted octanol–water partition coefficient (Wildman–Crippen LogP) is 2.24. The van der Waals surface area contributed by atoms with Crippen LogP contribution in [0.3, 0.4) is 0 Å². The molecule has 1 fully saturated rings. The largest absolute Gasteiger partial charge is 0.462 e. The summed E-state index contributed by atoms with van der Waals surface area (Å²) in [5.74, 6) is -0.493. The van der Waals surface area contributed by atoms with E-state index >= 15 is 0 Å². The molecule has 0 atom stereocenters.